The average Bonchev–Trinajstić information content (AvgIpc) is 2.11. The van der Waals surface area contributed by atoms with Crippen LogP contribution in [0.4, 0.5) is 0 Å². The second-order valence-electron chi connectivity index (χ2n) is 3.59. The van der Waals surface area contributed by atoms with Gasteiger partial charge in [-0.15, -0.1) is 0 Å². The lowest BCUT2D eigenvalue weighted by atomic mass is 10.2. The van der Waals surface area contributed by atoms with Crippen LogP contribution in [0, 0.1) is 0 Å². The molecule has 1 N–H and O–H groups in total. The van der Waals surface area contributed by atoms with E-state index in [2.05, 4.69) is 12.2 Å². The van der Waals surface area contributed by atoms with Gasteiger partial charge in [-0.25, -0.2) is 0 Å². The van der Waals surface area contributed by atoms with E-state index in [1.54, 1.807) is 0 Å². The molecule has 13 heavy (non-hydrogen) atoms. The third kappa shape index (κ3) is 3.77. The molecule has 1 heterocycles. The Balaban J connectivity index is 2.32. The maximum Gasteiger partial charge on any atom is 0.223 e. The standard InChI is InChI=1S/C10H20N2O/c1-2-3-8-12-9-4-6-11-7-5-10(12)13/h11H,2-9H2,1H3. The van der Waals surface area contributed by atoms with Gasteiger partial charge < -0.3 is 10.2 Å². The molecule has 1 rings (SSSR count). The first-order valence-corrected chi connectivity index (χ1v) is 5.33. The van der Waals surface area contributed by atoms with Crippen molar-refractivity contribution in [2.24, 2.45) is 0 Å². The van der Waals surface area contributed by atoms with Gasteiger partial charge in [-0.1, -0.05) is 13.3 Å². The summed E-state index contributed by atoms with van der Waals surface area (Å²) >= 11 is 0. The molecule has 0 radical (unpaired) electrons. The van der Waals surface area contributed by atoms with Crippen LogP contribution in [0.15, 0.2) is 0 Å². The van der Waals surface area contributed by atoms with Gasteiger partial charge in [0, 0.05) is 26.1 Å². The quantitative estimate of drug-likeness (QED) is 0.709. The highest BCUT2D eigenvalue weighted by Gasteiger charge is 2.13. The molecule has 0 aromatic carbocycles. The zero-order valence-corrected chi connectivity index (χ0v) is 8.51. The fourth-order valence-corrected chi connectivity index (χ4v) is 1.58. The number of carbonyl (C=O) groups is 1. The van der Waals surface area contributed by atoms with Crippen LogP contribution in [-0.4, -0.2) is 37.0 Å². The van der Waals surface area contributed by atoms with Crippen LogP contribution >= 0.6 is 0 Å². The summed E-state index contributed by atoms with van der Waals surface area (Å²) in [6.07, 6.45) is 4.07. The Morgan fingerprint density at radius 3 is 3.08 bits per heavy atom. The Kier molecular flexibility index (Phi) is 4.83. The van der Waals surface area contributed by atoms with Gasteiger partial charge >= 0.3 is 0 Å². The van der Waals surface area contributed by atoms with E-state index >= 15 is 0 Å². The molecule has 3 nitrogen and oxygen atoms in total. The smallest absolute Gasteiger partial charge is 0.223 e. The van der Waals surface area contributed by atoms with E-state index in [-0.39, 0.29) is 0 Å². The second-order valence-corrected chi connectivity index (χ2v) is 3.59. The molecule has 0 aromatic heterocycles. The van der Waals surface area contributed by atoms with Gasteiger partial charge in [0.25, 0.3) is 0 Å². The minimum Gasteiger partial charge on any atom is -0.343 e. The van der Waals surface area contributed by atoms with E-state index in [1.807, 2.05) is 4.90 Å². The van der Waals surface area contributed by atoms with Gasteiger partial charge in [-0.05, 0) is 19.4 Å². The fourth-order valence-electron chi connectivity index (χ4n) is 1.58. The molecule has 1 fully saturated rings. The first-order chi connectivity index (χ1) is 6.34. The lowest BCUT2D eigenvalue weighted by Gasteiger charge is -2.24. The van der Waals surface area contributed by atoms with Crippen molar-refractivity contribution < 1.29 is 4.79 Å². The SMILES string of the molecule is CCCCN1CCCNCCC1=O. The molecular formula is C10H20N2O. The van der Waals surface area contributed by atoms with Crippen LogP contribution in [0.1, 0.15) is 32.6 Å². The molecular weight excluding hydrogens is 164 g/mol. The number of amides is 1. The Morgan fingerprint density at radius 2 is 2.31 bits per heavy atom. The van der Waals surface area contributed by atoms with Gasteiger partial charge in [0.05, 0.1) is 0 Å². The Bertz CT molecular complexity index is 157. The zero-order valence-electron chi connectivity index (χ0n) is 8.51. The van der Waals surface area contributed by atoms with Crippen molar-refractivity contribution >= 4 is 5.91 Å². The summed E-state index contributed by atoms with van der Waals surface area (Å²) in [6.45, 7) is 5.95. The van der Waals surface area contributed by atoms with Crippen molar-refractivity contribution in [3.05, 3.63) is 0 Å². The molecule has 1 aliphatic rings. The highest BCUT2D eigenvalue weighted by Crippen LogP contribution is 2.01. The molecule has 76 valence electrons. The van der Waals surface area contributed by atoms with E-state index in [4.69, 9.17) is 0 Å². The lowest BCUT2D eigenvalue weighted by molar-refractivity contribution is -0.131. The number of carbonyl (C=O) groups excluding carboxylic acids is 1. The molecule has 0 aliphatic carbocycles. The molecule has 0 atom stereocenters. The predicted octanol–water partition coefficient (Wildman–Crippen LogP) is 0.998. The Morgan fingerprint density at radius 1 is 1.46 bits per heavy atom. The summed E-state index contributed by atoms with van der Waals surface area (Å²) in [5, 5.41) is 3.25. The average molecular weight is 184 g/mol. The van der Waals surface area contributed by atoms with E-state index in [0.29, 0.717) is 12.3 Å². The number of nitrogens with zero attached hydrogens (tertiary/aromatic N) is 1. The molecule has 0 spiro atoms. The monoisotopic (exact) mass is 184 g/mol. The highest BCUT2D eigenvalue weighted by atomic mass is 16.2. The zero-order chi connectivity index (χ0) is 9.52. The molecule has 1 aliphatic heterocycles. The van der Waals surface area contributed by atoms with Crippen molar-refractivity contribution in [1.29, 1.82) is 0 Å². The number of unbranched alkanes of at least 4 members (excludes halogenated alkanes) is 1. The molecule has 0 unspecified atom stereocenters. The van der Waals surface area contributed by atoms with Crippen LogP contribution < -0.4 is 5.32 Å². The van der Waals surface area contributed by atoms with Crippen molar-refractivity contribution in [2.75, 3.05) is 26.2 Å². The Labute approximate surface area is 80.5 Å². The maximum atomic E-state index is 11.6. The minimum atomic E-state index is 0.320. The highest BCUT2D eigenvalue weighted by molar-refractivity contribution is 5.76. The van der Waals surface area contributed by atoms with Gasteiger partial charge in [-0.2, -0.15) is 0 Å². The third-order valence-corrected chi connectivity index (χ3v) is 2.43. The van der Waals surface area contributed by atoms with E-state index in [1.165, 1.54) is 6.42 Å². The van der Waals surface area contributed by atoms with Gasteiger partial charge in [0.2, 0.25) is 5.91 Å². The van der Waals surface area contributed by atoms with Crippen LogP contribution in [0.2, 0.25) is 0 Å². The summed E-state index contributed by atoms with van der Waals surface area (Å²) in [6, 6.07) is 0. The number of hydrogen-bond acceptors (Lipinski definition) is 2. The van der Waals surface area contributed by atoms with Gasteiger partial charge in [0.15, 0.2) is 0 Å². The van der Waals surface area contributed by atoms with Crippen LogP contribution in [0.5, 0.6) is 0 Å². The van der Waals surface area contributed by atoms with Gasteiger partial charge in [-0.3, -0.25) is 4.79 Å². The lowest BCUT2D eigenvalue weighted by Crippen LogP contribution is -2.38. The van der Waals surface area contributed by atoms with Gasteiger partial charge in [0.1, 0.15) is 0 Å². The summed E-state index contributed by atoms with van der Waals surface area (Å²) in [5.41, 5.74) is 0. The normalized spacial score (nSPS) is 19.8. The molecule has 0 bridgehead atoms. The third-order valence-electron chi connectivity index (χ3n) is 2.43. The van der Waals surface area contributed by atoms with Crippen LogP contribution in [0.25, 0.3) is 0 Å². The maximum absolute atomic E-state index is 11.6. The summed E-state index contributed by atoms with van der Waals surface area (Å²) in [4.78, 5) is 13.6. The molecule has 3 heteroatoms. The van der Waals surface area contributed by atoms with E-state index in [9.17, 15) is 4.79 Å². The van der Waals surface area contributed by atoms with E-state index in [0.717, 1.165) is 39.0 Å². The van der Waals surface area contributed by atoms with E-state index < -0.39 is 0 Å². The largest absolute Gasteiger partial charge is 0.343 e. The summed E-state index contributed by atoms with van der Waals surface area (Å²) in [5.74, 6) is 0.320. The molecule has 1 amide bonds. The van der Waals surface area contributed by atoms with Crippen molar-refractivity contribution in [3.8, 4) is 0 Å². The minimum absolute atomic E-state index is 0.320. The predicted molar refractivity (Wildman–Crippen MR) is 53.6 cm³/mol. The first-order valence-electron chi connectivity index (χ1n) is 5.33. The van der Waals surface area contributed by atoms with Crippen molar-refractivity contribution in [1.82, 2.24) is 10.2 Å². The first kappa shape index (κ1) is 10.5. The second kappa shape index (κ2) is 5.97. The van der Waals surface area contributed by atoms with Crippen LogP contribution in [0.3, 0.4) is 0 Å². The van der Waals surface area contributed by atoms with Crippen molar-refractivity contribution in [3.63, 3.8) is 0 Å². The number of rotatable bonds is 3. The molecule has 1 saturated heterocycles. The van der Waals surface area contributed by atoms with Crippen molar-refractivity contribution in [2.45, 2.75) is 32.6 Å². The fraction of sp³-hybridized carbons (Fsp3) is 0.900. The summed E-state index contributed by atoms with van der Waals surface area (Å²) in [7, 11) is 0. The molecule has 0 saturated carbocycles. The Hall–Kier alpha value is -0.570. The number of hydrogen-bond donors (Lipinski definition) is 1. The topological polar surface area (TPSA) is 32.3 Å². The van der Waals surface area contributed by atoms with Crippen LogP contribution in [-0.2, 0) is 4.79 Å². The molecule has 0 aromatic rings. The number of nitrogens with one attached hydrogen (secondary N) is 1. The summed E-state index contributed by atoms with van der Waals surface area (Å²) < 4.78 is 0.